The van der Waals surface area contributed by atoms with Crippen LogP contribution in [0.1, 0.15) is 24.3 Å². The van der Waals surface area contributed by atoms with E-state index in [0.717, 1.165) is 17.6 Å². The summed E-state index contributed by atoms with van der Waals surface area (Å²) in [4.78, 5) is 11.1. The molecule has 78 valence electrons. The Morgan fingerprint density at radius 3 is 2.60 bits per heavy atom. The van der Waals surface area contributed by atoms with Crippen LogP contribution < -0.4 is 0 Å². The van der Waals surface area contributed by atoms with E-state index >= 15 is 0 Å². The topological polar surface area (TPSA) is 37.3 Å². The summed E-state index contributed by atoms with van der Waals surface area (Å²) in [5.74, 6) is -0.994. The summed E-state index contributed by atoms with van der Waals surface area (Å²) in [7, 11) is 0. The number of aliphatic carboxylic acids is 1. The van der Waals surface area contributed by atoms with E-state index in [0.29, 0.717) is 6.42 Å². The van der Waals surface area contributed by atoms with Crippen molar-refractivity contribution in [3.05, 3.63) is 48.0 Å². The van der Waals surface area contributed by atoms with E-state index in [1.165, 1.54) is 0 Å². The third-order valence-corrected chi connectivity index (χ3v) is 3.09. The number of benzene rings is 1. The first-order chi connectivity index (χ1) is 7.20. The van der Waals surface area contributed by atoms with Gasteiger partial charge in [-0.1, -0.05) is 42.5 Å². The highest BCUT2D eigenvalue weighted by atomic mass is 16.4. The number of carboxylic acids is 1. The zero-order valence-corrected chi connectivity index (χ0v) is 8.52. The van der Waals surface area contributed by atoms with Gasteiger partial charge in [0.2, 0.25) is 0 Å². The van der Waals surface area contributed by atoms with Crippen molar-refractivity contribution in [1.82, 2.24) is 0 Å². The Balaban J connectivity index is 2.33. The van der Waals surface area contributed by atoms with Crippen LogP contribution in [0.15, 0.2) is 42.5 Å². The van der Waals surface area contributed by atoms with E-state index in [4.69, 9.17) is 5.11 Å². The fraction of sp³-hybridized carbons (Fsp3) is 0.308. The van der Waals surface area contributed by atoms with Crippen LogP contribution in [0.5, 0.6) is 0 Å². The normalized spacial score (nSPS) is 25.5. The van der Waals surface area contributed by atoms with Gasteiger partial charge in [-0.2, -0.15) is 0 Å². The zero-order valence-electron chi connectivity index (χ0n) is 8.52. The quantitative estimate of drug-likeness (QED) is 0.749. The summed E-state index contributed by atoms with van der Waals surface area (Å²) in [6, 6.07) is 9.80. The Morgan fingerprint density at radius 2 is 2.00 bits per heavy atom. The molecule has 1 aromatic carbocycles. The fourth-order valence-electron chi connectivity index (χ4n) is 2.34. The Morgan fingerprint density at radius 1 is 1.33 bits per heavy atom. The van der Waals surface area contributed by atoms with Gasteiger partial charge < -0.3 is 5.11 Å². The molecule has 0 amide bonds. The second-order valence-electron chi connectivity index (χ2n) is 4.03. The van der Waals surface area contributed by atoms with Crippen LogP contribution in [-0.2, 0) is 4.79 Å². The van der Waals surface area contributed by atoms with Crippen molar-refractivity contribution in [1.29, 1.82) is 0 Å². The minimum Gasteiger partial charge on any atom is -0.481 e. The van der Waals surface area contributed by atoms with Crippen molar-refractivity contribution in [2.75, 3.05) is 0 Å². The molecular formula is C13H14O2. The van der Waals surface area contributed by atoms with Gasteiger partial charge in [-0.25, -0.2) is 0 Å². The Bertz CT molecular complexity index is 381. The molecule has 1 saturated carbocycles. The smallest absolute Gasteiger partial charge is 0.307 e. The van der Waals surface area contributed by atoms with Crippen molar-refractivity contribution < 1.29 is 9.90 Å². The highest BCUT2D eigenvalue weighted by Crippen LogP contribution is 2.42. The maximum absolute atomic E-state index is 11.1. The molecule has 1 aliphatic rings. The molecule has 0 bridgehead atoms. The first kappa shape index (κ1) is 9.97. The third kappa shape index (κ3) is 1.80. The van der Waals surface area contributed by atoms with Gasteiger partial charge in [-0.15, -0.1) is 0 Å². The summed E-state index contributed by atoms with van der Waals surface area (Å²) in [5.41, 5.74) is 2.13. The number of hydrogen-bond donors (Lipinski definition) is 1. The second-order valence-corrected chi connectivity index (χ2v) is 4.03. The molecule has 0 aromatic heterocycles. The number of carbonyl (C=O) groups is 1. The number of hydrogen-bond acceptors (Lipinski definition) is 1. The SMILES string of the molecule is C=C1CCC(C(=O)O)C1c1ccccc1. The molecule has 2 heteroatoms. The Labute approximate surface area is 89.2 Å². The lowest BCUT2D eigenvalue weighted by Gasteiger charge is -2.17. The predicted molar refractivity (Wildman–Crippen MR) is 58.7 cm³/mol. The maximum Gasteiger partial charge on any atom is 0.307 e. The van der Waals surface area contributed by atoms with Gasteiger partial charge in [0.15, 0.2) is 0 Å². The molecule has 0 aliphatic heterocycles. The van der Waals surface area contributed by atoms with Gasteiger partial charge in [0.1, 0.15) is 0 Å². The van der Waals surface area contributed by atoms with Crippen LogP contribution in [0.3, 0.4) is 0 Å². The number of allylic oxidation sites excluding steroid dienone is 1. The Kier molecular flexibility index (Phi) is 2.58. The van der Waals surface area contributed by atoms with Crippen molar-refractivity contribution >= 4 is 5.97 Å². The molecule has 0 radical (unpaired) electrons. The number of rotatable bonds is 2. The van der Waals surface area contributed by atoms with Gasteiger partial charge in [0.25, 0.3) is 0 Å². The highest BCUT2D eigenvalue weighted by Gasteiger charge is 2.36. The standard InChI is InChI=1S/C13H14O2/c1-9-7-8-11(13(14)15)12(9)10-5-3-2-4-6-10/h2-6,11-12H,1,7-8H2,(H,14,15). The molecule has 1 fully saturated rings. The molecule has 2 atom stereocenters. The van der Waals surface area contributed by atoms with Gasteiger partial charge >= 0.3 is 5.97 Å². The lowest BCUT2D eigenvalue weighted by molar-refractivity contribution is -0.141. The average molecular weight is 202 g/mol. The molecule has 0 spiro atoms. The first-order valence-corrected chi connectivity index (χ1v) is 5.15. The molecule has 1 N–H and O–H groups in total. The van der Waals surface area contributed by atoms with Crippen LogP contribution in [0.4, 0.5) is 0 Å². The molecule has 2 rings (SSSR count). The lowest BCUT2D eigenvalue weighted by Crippen LogP contribution is -2.17. The van der Waals surface area contributed by atoms with Crippen LogP contribution in [0.2, 0.25) is 0 Å². The lowest BCUT2D eigenvalue weighted by atomic mass is 9.87. The van der Waals surface area contributed by atoms with E-state index in [-0.39, 0.29) is 11.8 Å². The van der Waals surface area contributed by atoms with E-state index in [1.807, 2.05) is 30.3 Å². The molecule has 1 aliphatic carbocycles. The molecule has 2 nitrogen and oxygen atoms in total. The van der Waals surface area contributed by atoms with Crippen LogP contribution in [0, 0.1) is 5.92 Å². The third-order valence-electron chi connectivity index (χ3n) is 3.09. The second kappa shape index (κ2) is 3.89. The zero-order chi connectivity index (χ0) is 10.8. The minimum atomic E-state index is -0.706. The summed E-state index contributed by atoms with van der Waals surface area (Å²) >= 11 is 0. The van der Waals surface area contributed by atoms with Crippen molar-refractivity contribution in [2.24, 2.45) is 5.92 Å². The summed E-state index contributed by atoms with van der Waals surface area (Å²) in [6.07, 6.45) is 1.55. The molecule has 0 saturated heterocycles. The van der Waals surface area contributed by atoms with Gasteiger partial charge in [0, 0.05) is 5.92 Å². The monoisotopic (exact) mass is 202 g/mol. The van der Waals surface area contributed by atoms with E-state index in [1.54, 1.807) is 0 Å². The van der Waals surface area contributed by atoms with Crippen molar-refractivity contribution in [3.8, 4) is 0 Å². The number of carboxylic acid groups (broad SMARTS) is 1. The molecular weight excluding hydrogens is 188 g/mol. The minimum absolute atomic E-state index is 0.00343. The summed E-state index contributed by atoms with van der Waals surface area (Å²) in [6.45, 7) is 3.98. The summed E-state index contributed by atoms with van der Waals surface area (Å²) in [5, 5.41) is 9.12. The van der Waals surface area contributed by atoms with Crippen LogP contribution in [-0.4, -0.2) is 11.1 Å². The largest absolute Gasteiger partial charge is 0.481 e. The van der Waals surface area contributed by atoms with Gasteiger partial charge in [-0.05, 0) is 18.4 Å². The highest BCUT2D eigenvalue weighted by molar-refractivity contribution is 5.73. The Hall–Kier alpha value is -1.57. The van der Waals surface area contributed by atoms with Crippen molar-refractivity contribution in [3.63, 3.8) is 0 Å². The van der Waals surface area contributed by atoms with E-state index in [9.17, 15) is 4.79 Å². The molecule has 0 heterocycles. The van der Waals surface area contributed by atoms with Crippen molar-refractivity contribution in [2.45, 2.75) is 18.8 Å². The fourth-order valence-corrected chi connectivity index (χ4v) is 2.34. The van der Waals surface area contributed by atoms with Gasteiger partial charge in [0.05, 0.1) is 5.92 Å². The van der Waals surface area contributed by atoms with E-state index < -0.39 is 5.97 Å². The predicted octanol–water partition coefficient (Wildman–Crippen LogP) is 2.82. The molecule has 1 aromatic rings. The molecule has 2 unspecified atom stereocenters. The molecule has 15 heavy (non-hydrogen) atoms. The summed E-state index contributed by atoms with van der Waals surface area (Å²) < 4.78 is 0. The van der Waals surface area contributed by atoms with Crippen LogP contribution in [0.25, 0.3) is 0 Å². The van der Waals surface area contributed by atoms with E-state index in [2.05, 4.69) is 6.58 Å². The average Bonchev–Trinajstić information content (AvgIpc) is 2.61. The van der Waals surface area contributed by atoms with Crippen LogP contribution >= 0.6 is 0 Å². The first-order valence-electron chi connectivity index (χ1n) is 5.15. The maximum atomic E-state index is 11.1. The van der Waals surface area contributed by atoms with Gasteiger partial charge in [-0.3, -0.25) is 4.79 Å².